The van der Waals surface area contributed by atoms with Crippen LogP contribution in [0.2, 0.25) is 0 Å². The Kier molecular flexibility index (Phi) is 3.43. The largest absolute Gasteiger partial charge is 0.269 e. The lowest BCUT2D eigenvalue weighted by atomic mass is 10.9. The fourth-order valence-corrected chi connectivity index (χ4v) is 0.760. The first-order valence-electron chi connectivity index (χ1n) is 1.99. The molecule has 0 atom stereocenters. The number of hydrogen-bond donors (Lipinski definition) is 0. The van der Waals surface area contributed by atoms with Crippen molar-refractivity contribution in [3.05, 3.63) is 0 Å². The summed E-state index contributed by atoms with van der Waals surface area (Å²) in [5, 5.41) is 0. The van der Waals surface area contributed by atoms with Crippen molar-refractivity contribution in [1.82, 2.24) is 0 Å². The molecule has 49 valence electrons. The normalized spacial score (nSPS) is 11.8. The predicted octanol–water partition coefficient (Wildman–Crippen LogP) is 0.160. The highest BCUT2D eigenvalue weighted by Crippen LogP contribution is 1.85. The van der Waals surface area contributed by atoms with Crippen LogP contribution in [-0.2, 0) is 14.3 Å². The zero-order chi connectivity index (χ0) is 6.62. The smallest absolute Gasteiger partial charge is 0.264 e. The second kappa shape index (κ2) is 3.32. The summed E-state index contributed by atoms with van der Waals surface area (Å²) in [4.78, 5) is 0. The van der Waals surface area contributed by atoms with E-state index in [4.69, 9.17) is 0 Å². The van der Waals surface area contributed by atoms with Crippen molar-refractivity contribution in [3.63, 3.8) is 0 Å². The highest BCUT2D eigenvalue weighted by atomic mass is 32.2. The van der Waals surface area contributed by atoms with Gasteiger partial charge in [-0.2, -0.15) is 8.42 Å². The predicted molar refractivity (Wildman–Crippen MR) is 33.3 cm³/mol. The van der Waals surface area contributed by atoms with Gasteiger partial charge >= 0.3 is 0 Å². The van der Waals surface area contributed by atoms with Gasteiger partial charge in [-0.1, -0.05) is 12.6 Å². The molecule has 0 amide bonds. The third kappa shape index (κ3) is 6.26. The topological polar surface area (TPSA) is 43.4 Å². The zero-order valence-electron chi connectivity index (χ0n) is 4.46. The van der Waals surface area contributed by atoms with E-state index >= 15 is 0 Å². The third-order valence-electron chi connectivity index (χ3n) is 0.381. The van der Waals surface area contributed by atoms with Crippen molar-refractivity contribution in [3.8, 4) is 0 Å². The van der Waals surface area contributed by atoms with Crippen LogP contribution in [0.3, 0.4) is 0 Å². The van der Waals surface area contributed by atoms with E-state index < -0.39 is 10.1 Å². The van der Waals surface area contributed by atoms with Crippen LogP contribution in [0.5, 0.6) is 0 Å². The second-order valence-electron chi connectivity index (χ2n) is 1.23. The molecule has 0 N–H and O–H groups in total. The van der Waals surface area contributed by atoms with Crippen molar-refractivity contribution < 1.29 is 12.6 Å². The first-order valence-corrected chi connectivity index (χ1v) is 4.38. The Morgan fingerprint density at radius 2 is 2.12 bits per heavy atom. The molecule has 0 aromatic heterocycles. The summed E-state index contributed by atoms with van der Waals surface area (Å²) in [5.41, 5.74) is 0. The zero-order valence-corrected chi connectivity index (χ0v) is 6.09. The summed E-state index contributed by atoms with van der Waals surface area (Å²) >= 11 is 4.43. The molecule has 0 rings (SSSR count). The molecule has 5 heteroatoms. The minimum Gasteiger partial charge on any atom is -0.269 e. The maximum atomic E-state index is 10.1. The van der Waals surface area contributed by atoms with Gasteiger partial charge in [0.2, 0.25) is 0 Å². The molecule has 0 fully saturated rings. The minimum absolute atomic E-state index is 0.105. The Bertz CT molecular complexity index is 137. The molecular weight excluding hydrogens is 148 g/mol. The lowest BCUT2D eigenvalue weighted by Gasteiger charge is -1.93. The fraction of sp³-hybridized carbons (Fsp3) is 1.00. The summed E-state index contributed by atoms with van der Waals surface area (Å²) in [6.07, 6.45) is 0.998. The summed E-state index contributed by atoms with van der Waals surface area (Å²) in [6.45, 7) is 0.105. The molecule has 0 aromatic rings. The van der Waals surface area contributed by atoms with Crippen LogP contribution in [0.15, 0.2) is 0 Å². The Balaban J connectivity index is 3.42. The van der Waals surface area contributed by atoms with Crippen LogP contribution in [-0.4, -0.2) is 27.0 Å². The molecule has 0 aliphatic heterocycles. The van der Waals surface area contributed by atoms with E-state index in [1.165, 1.54) is 0 Å². The molecule has 1 radical (unpaired) electrons. The van der Waals surface area contributed by atoms with E-state index in [-0.39, 0.29) is 6.61 Å². The first-order chi connectivity index (χ1) is 3.56. The van der Waals surface area contributed by atoms with Gasteiger partial charge in [0.1, 0.15) is 0 Å². The summed E-state index contributed by atoms with van der Waals surface area (Å²) in [6, 6.07) is 0. The quantitative estimate of drug-likeness (QED) is 0.545. The lowest BCUT2D eigenvalue weighted by molar-refractivity contribution is 0.346. The van der Waals surface area contributed by atoms with Crippen molar-refractivity contribution in [2.24, 2.45) is 0 Å². The molecule has 0 aliphatic rings. The van der Waals surface area contributed by atoms with Gasteiger partial charge < -0.3 is 0 Å². The second-order valence-corrected chi connectivity index (χ2v) is 3.28. The van der Waals surface area contributed by atoms with Crippen molar-refractivity contribution in [1.29, 1.82) is 0 Å². The Morgan fingerprint density at radius 3 is 2.25 bits per heavy atom. The van der Waals surface area contributed by atoms with Gasteiger partial charge in [-0.3, -0.25) is 4.18 Å². The van der Waals surface area contributed by atoms with Gasteiger partial charge in [0.15, 0.2) is 0 Å². The Hall–Kier alpha value is 0.260. The summed E-state index contributed by atoms with van der Waals surface area (Å²) < 4.78 is 24.5. The van der Waals surface area contributed by atoms with Gasteiger partial charge in [-0.25, -0.2) is 0 Å². The lowest BCUT2D eigenvalue weighted by Crippen LogP contribution is -2.04. The third-order valence-corrected chi connectivity index (χ3v) is 1.14. The standard InChI is InChI=1S/C3H7O3S2/c1-8(4,5)6-2-3-7/h2-3H2,1H3. The maximum Gasteiger partial charge on any atom is 0.264 e. The molecular formula is C3H7O3S2. The van der Waals surface area contributed by atoms with Crippen molar-refractivity contribution >= 4 is 22.7 Å². The van der Waals surface area contributed by atoms with Crippen LogP contribution in [0, 0.1) is 0 Å². The Morgan fingerprint density at radius 1 is 1.62 bits per heavy atom. The Labute approximate surface area is 54.6 Å². The SMILES string of the molecule is CS(=O)(=O)OCC[S]. The van der Waals surface area contributed by atoms with Crippen molar-refractivity contribution in [2.75, 3.05) is 18.6 Å². The van der Waals surface area contributed by atoms with E-state index in [9.17, 15) is 8.42 Å². The average Bonchev–Trinajstić information content (AvgIpc) is 1.59. The van der Waals surface area contributed by atoms with Gasteiger partial charge in [0.05, 0.1) is 12.9 Å². The average molecular weight is 155 g/mol. The summed E-state index contributed by atoms with van der Waals surface area (Å²) in [5.74, 6) is 0.313. The molecule has 0 spiro atoms. The summed E-state index contributed by atoms with van der Waals surface area (Å²) in [7, 11) is -3.25. The van der Waals surface area contributed by atoms with Crippen LogP contribution in [0.1, 0.15) is 0 Å². The monoisotopic (exact) mass is 155 g/mol. The first kappa shape index (κ1) is 8.26. The van der Waals surface area contributed by atoms with Crippen LogP contribution >= 0.6 is 12.6 Å². The molecule has 0 saturated heterocycles. The van der Waals surface area contributed by atoms with E-state index in [0.717, 1.165) is 6.26 Å². The highest BCUT2D eigenvalue weighted by Gasteiger charge is 1.97. The van der Waals surface area contributed by atoms with E-state index in [0.29, 0.717) is 5.75 Å². The molecule has 0 aliphatic carbocycles. The maximum absolute atomic E-state index is 10.1. The minimum atomic E-state index is -3.25. The van der Waals surface area contributed by atoms with Gasteiger partial charge in [0.25, 0.3) is 10.1 Å². The van der Waals surface area contributed by atoms with Crippen LogP contribution < -0.4 is 0 Å². The molecule has 0 unspecified atom stereocenters. The van der Waals surface area contributed by atoms with Gasteiger partial charge in [-0.05, 0) is 0 Å². The van der Waals surface area contributed by atoms with Gasteiger partial charge in [0, 0.05) is 5.75 Å². The van der Waals surface area contributed by atoms with Crippen LogP contribution in [0.4, 0.5) is 0 Å². The van der Waals surface area contributed by atoms with Crippen molar-refractivity contribution in [2.45, 2.75) is 0 Å². The fourth-order valence-electron chi connectivity index (χ4n) is 0.185. The van der Waals surface area contributed by atoms with Gasteiger partial charge in [-0.15, -0.1) is 0 Å². The highest BCUT2D eigenvalue weighted by molar-refractivity contribution is 7.86. The molecule has 0 saturated carbocycles. The number of rotatable bonds is 3. The molecule has 0 bridgehead atoms. The van der Waals surface area contributed by atoms with E-state index in [1.54, 1.807) is 0 Å². The molecule has 8 heavy (non-hydrogen) atoms. The molecule has 3 nitrogen and oxygen atoms in total. The van der Waals surface area contributed by atoms with E-state index in [2.05, 4.69) is 16.8 Å². The van der Waals surface area contributed by atoms with Crippen LogP contribution in [0.25, 0.3) is 0 Å². The number of hydrogen-bond acceptors (Lipinski definition) is 3. The molecule has 0 heterocycles. The van der Waals surface area contributed by atoms with E-state index in [1.807, 2.05) is 0 Å². The molecule has 0 aromatic carbocycles.